The molecule has 1 rings (SSSR count). The lowest BCUT2D eigenvalue weighted by Gasteiger charge is -2.32. The highest BCUT2D eigenvalue weighted by Crippen LogP contribution is 2.36. The Morgan fingerprint density at radius 1 is 1.00 bits per heavy atom. The van der Waals surface area contributed by atoms with Crippen LogP contribution in [0.4, 0.5) is 0 Å². The van der Waals surface area contributed by atoms with Crippen molar-refractivity contribution in [3.8, 4) is 0 Å². The Bertz CT molecular complexity index is 251. The van der Waals surface area contributed by atoms with Gasteiger partial charge in [0.05, 0.1) is 0 Å². The van der Waals surface area contributed by atoms with Crippen LogP contribution < -0.4 is 0 Å². The minimum Gasteiger partial charge on any atom is -0.103 e. The first-order valence-electron chi connectivity index (χ1n) is 10.3. The highest BCUT2D eigenvalue weighted by molar-refractivity contribution is 4.95. The quantitative estimate of drug-likeness (QED) is 0.428. The molecule has 0 heterocycles. The topological polar surface area (TPSA) is 0 Å². The molecule has 4 atom stereocenters. The van der Waals surface area contributed by atoms with Gasteiger partial charge in [0.25, 0.3) is 0 Å². The molecule has 0 aromatic carbocycles. The van der Waals surface area contributed by atoms with Gasteiger partial charge in [-0.1, -0.05) is 79.9 Å². The van der Waals surface area contributed by atoms with E-state index in [1.165, 1.54) is 37.7 Å². The second-order valence-corrected chi connectivity index (χ2v) is 6.37. The molecule has 140 valence electrons. The lowest BCUT2D eigenvalue weighted by Crippen LogP contribution is -2.21. The second kappa shape index (κ2) is 19.5. The lowest BCUT2D eigenvalue weighted by atomic mass is 9.73. The van der Waals surface area contributed by atoms with Crippen molar-refractivity contribution in [3.05, 3.63) is 24.8 Å². The van der Waals surface area contributed by atoms with Gasteiger partial charge >= 0.3 is 0 Å². The molecule has 0 heteroatoms. The number of hydrogen-bond donors (Lipinski definition) is 0. The Labute approximate surface area is 149 Å². The van der Waals surface area contributed by atoms with Crippen LogP contribution in [-0.4, -0.2) is 0 Å². The fourth-order valence-corrected chi connectivity index (χ4v) is 3.12. The molecule has 0 nitrogen and oxygen atoms in total. The summed E-state index contributed by atoms with van der Waals surface area (Å²) in [5.41, 5.74) is 1.29. The predicted octanol–water partition coefficient (Wildman–Crippen LogP) is 8.69. The van der Waals surface area contributed by atoms with Crippen LogP contribution in [0.1, 0.15) is 101 Å². The van der Waals surface area contributed by atoms with Crippen molar-refractivity contribution in [2.45, 2.75) is 101 Å². The van der Waals surface area contributed by atoms with E-state index in [1.54, 1.807) is 0 Å². The molecule has 0 bridgehead atoms. The summed E-state index contributed by atoms with van der Waals surface area (Å²) in [7, 11) is 0. The van der Waals surface area contributed by atoms with E-state index in [0.717, 1.165) is 24.2 Å². The number of hydrogen-bond acceptors (Lipinski definition) is 0. The third-order valence-electron chi connectivity index (χ3n) is 4.60. The summed E-state index contributed by atoms with van der Waals surface area (Å²) in [5.74, 6) is 3.49. The molecule has 23 heavy (non-hydrogen) atoms. The Kier molecular flexibility index (Phi) is 23.2. The standard InChI is InChI=1S/C17H30.3C2H6/c1-6-16(11-13(2)3)9-10-17-8-7-14(4)15(5)12-17;3*1-2/h6,14-17H,1-2,7-12H2,3-5H3;3*1-2H3. The van der Waals surface area contributed by atoms with Crippen LogP contribution in [0.5, 0.6) is 0 Å². The molecule has 0 amide bonds. The van der Waals surface area contributed by atoms with E-state index in [-0.39, 0.29) is 0 Å². The molecule has 0 aromatic rings. The molecule has 0 N–H and O–H groups in total. The van der Waals surface area contributed by atoms with Gasteiger partial charge in [-0.3, -0.25) is 0 Å². The van der Waals surface area contributed by atoms with E-state index in [4.69, 9.17) is 0 Å². The monoisotopic (exact) mass is 324 g/mol. The summed E-state index contributed by atoms with van der Waals surface area (Å²) in [4.78, 5) is 0. The Morgan fingerprint density at radius 3 is 1.91 bits per heavy atom. The fourth-order valence-electron chi connectivity index (χ4n) is 3.12. The van der Waals surface area contributed by atoms with E-state index in [0.29, 0.717) is 5.92 Å². The first-order valence-corrected chi connectivity index (χ1v) is 10.3. The first kappa shape index (κ1) is 27.3. The van der Waals surface area contributed by atoms with Crippen molar-refractivity contribution >= 4 is 0 Å². The molecule has 0 radical (unpaired) electrons. The van der Waals surface area contributed by atoms with Gasteiger partial charge in [-0.2, -0.15) is 0 Å². The van der Waals surface area contributed by atoms with Crippen molar-refractivity contribution in [3.63, 3.8) is 0 Å². The molecule has 0 saturated heterocycles. The molecule has 0 aromatic heterocycles. The van der Waals surface area contributed by atoms with Gasteiger partial charge in [-0.05, 0) is 56.3 Å². The van der Waals surface area contributed by atoms with Crippen LogP contribution in [0.15, 0.2) is 24.8 Å². The third kappa shape index (κ3) is 14.8. The second-order valence-electron chi connectivity index (χ2n) is 6.37. The maximum Gasteiger partial charge on any atom is -0.0199 e. The summed E-state index contributed by atoms with van der Waals surface area (Å²) in [6.45, 7) is 26.9. The van der Waals surface area contributed by atoms with Crippen LogP contribution in [-0.2, 0) is 0 Å². The van der Waals surface area contributed by atoms with Crippen molar-refractivity contribution in [2.24, 2.45) is 23.7 Å². The van der Waals surface area contributed by atoms with Gasteiger partial charge in [0.2, 0.25) is 0 Å². The van der Waals surface area contributed by atoms with Gasteiger partial charge in [0, 0.05) is 0 Å². The van der Waals surface area contributed by atoms with E-state index >= 15 is 0 Å². The Balaban J connectivity index is -0.000000595. The van der Waals surface area contributed by atoms with E-state index in [1.807, 2.05) is 41.5 Å². The summed E-state index contributed by atoms with van der Waals surface area (Å²) in [5, 5.41) is 0. The maximum atomic E-state index is 4.01. The van der Waals surface area contributed by atoms with E-state index in [9.17, 15) is 0 Å². The zero-order valence-corrected chi connectivity index (χ0v) is 18.0. The normalized spacial score (nSPS) is 23.6. The maximum absolute atomic E-state index is 4.01. The van der Waals surface area contributed by atoms with Crippen molar-refractivity contribution < 1.29 is 0 Å². The molecule has 1 aliphatic carbocycles. The van der Waals surface area contributed by atoms with Crippen LogP contribution >= 0.6 is 0 Å². The van der Waals surface area contributed by atoms with Crippen molar-refractivity contribution in [2.75, 3.05) is 0 Å². The zero-order valence-electron chi connectivity index (χ0n) is 18.0. The van der Waals surface area contributed by atoms with Gasteiger partial charge < -0.3 is 0 Å². The van der Waals surface area contributed by atoms with Crippen molar-refractivity contribution in [1.29, 1.82) is 0 Å². The van der Waals surface area contributed by atoms with Crippen LogP contribution in [0.3, 0.4) is 0 Å². The Morgan fingerprint density at radius 2 is 1.52 bits per heavy atom. The van der Waals surface area contributed by atoms with Crippen LogP contribution in [0.2, 0.25) is 0 Å². The van der Waals surface area contributed by atoms with Crippen molar-refractivity contribution in [1.82, 2.24) is 0 Å². The summed E-state index contributed by atoms with van der Waals surface area (Å²) in [6.07, 6.45) is 10.3. The molecular weight excluding hydrogens is 276 g/mol. The minimum absolute atomic E-state index is 0.655. The van der Waals surface area contributed by atoms with Gasteiger partial charge in [0.1, 0.15) is 0 Å². The molecular formula is C23H48. The third-order valence-corrected chi connectivity index (χ3v) is 4.60. The van der Waals surface area contributed by atoms with Crippen LogP contribution in [0.25, 0.3) is 0 Å². The van der Waals surface area contributed by atoms with Gasteiger partial charge in [-0.15, -0.1) is 13.2 Å². The number of rotatable bonds is 6. The fraction of sp³-hybridized carbons (Fsp3) is 0.826. The highest BCUT2D eigenvalue weighted by Gasteiger charge is 2.24. The lowest BCUT2D eigenvalue weighted by molar-refractivity contribution is 0.194. The molecule has 0 aliphatic heterocycles. The van der Waals surface area contributed by atoms with E-state index in [2.05, 4.69) is 40.0 Å². The largest absolute Gasteiger partial charge is 0.103 e. The van der Waals surface area contributed by atoms with Crippen LogP contribution in [0, 0.1) is 23.7 Å². The molecule has 4 unspecified atom stereocenters. The number of allylic oxidation sites excluding steroid dienone is 2. The predicted molar refractivity (Wildman–Crippen MR) is 112 cm³/mol. The Hall–Kier alpha value is -0.520. The van der Waals surface area contributed by atoms with Gasteiger partial charge in [0.15, 0.2) is 0 Å². The van der Waals surface area contributed by atoms with Gasteiger partial charge in [-0.25, -0.2) is 0 Å². The average Bonchev–Trinajstić information content (AvgIpc) is 2.59. The SMILES string of the molecule is C=CC(CCC1CCC(C)C(C)C1)CC(=C)C.CC.CC.CC. The molecule has 1 saturated carbocycles. The summed E-state index contributed by atoms with van der Waals surface area (Å²) < 4.78 is 0. The zero-order chi connectivity index (χ0) is 18.8. The minimum atomic E-state index is 0.655. The smallest absolute Gasteiger partial charge is 0.0199 e. The molecule has 1 aliphatic rings. The first-order chi connectivity index (χ1) is 11.0. The van der Waals surface area contributed by atoms with E-state index < -0.39 is 0 Å². The molecule has 0 spiro atoms. The molecule has 1 fully saturated rings. The highest BCUT2D eigenvalue weighted by atomic mass is 14.3. The average molecular weight is 325 g/mol. The summed E-state index contributed by atoms with van der Waals surface area (Å²) >= 11 is 0. The summed E-state index contributed by atoms with van der Waals surface area (Å²) in [6, 6.07) is 0.